The van der Waals surface area contributed by atoms with Crippen LogP contribution in [0.1, 0.15) is 0 Å². The van der Waals surface area contributed by atoms with E-state index < -0.39 is 0 Å². The summed E-state index contributed by atoms with van der Waals surface area (Å²) in [5, 5.41) is 6.48. The molecule has 7 aromatic carbocycles. The Bertz CT molecular complexity index is 3160. The van der Waals surface area contributed by atoms with Crippen LogP contribution in [-0.2, 0) is 0 Å². The summed E-state index contributed by atoms with van der Waals surface area (Å²) in [5.74, 6) is 2.41. The normalized spacial score (nSPS) is 11.9. The molecule has 0 aliphatic rings. The van der Waals surface area contributed by atoms with E-state index in [-0.39, 0.29) is 0 Å². The molecule has 0 fully saturated rings. The van der Waals surface area contributed by atoms with Crippen LogP contribution in [0.3, 0.4) is 0 Å². The minimum atomic E-state index is 0.562. The summed E-state index contributed by atoms with van der Waals surface area (Å²) < 4.78 is 14.8. The molecule has 0 aliphatic heterocycles. The van der Waals surface area contributed by atoms with Gasteiger partial charge in [0.1, 0.15) is 16.7 Å². The van der Waals surface area contributed by atoms with E-state index in [1.165, 1.54) is 5.39 Å². The van der Waals surface area contributed by atoms with Crippen LogP contribution in [0.2, 0.25) is 0 Å². The Balaban J connectivity index is 1.13. The third kappa shape index (κ3) is 4.49. The predicted molar refractivity (Wildman–Crippen MR) is 207 cm³/mol. The van der Waals surface area contributed by atoms with Gasteiger partial charge >= 0.3 is 0 Å². The molecule has 0 bridgehead atoms. The highest BCUT2D eigenvalue weighted by molar-refractivity contribution is 7.26. The molecular weight excluding hydrogens is 649 g/mol. The van der Waals surface area contributed by atoms with Crippen molar-refractivity contribution < 1.29 is 8.83 Å². The van der Waals surface area contributed by atoms with Gasteiger partial charge in [0.2, 0.25) is 5.89 Å². The highest BCUT2D eigenvalue weighted by Gasteiger charge is 2.21. The molecule has 6 nitrogen and oxygen atoms in total. The zero-order valence-corrected chi connectivity index (χ0v) is 27.7. The first-order chi connectivity index (χ1) is 25.2. The molecule has 7 heteroatoms. The fourth-order valence-electron chi connectivity index (χ4n) is 7.13. The highest BCUT2D eigenvalue weighted by atomic mass is 32.1. The third-order valence-electron chi connectivity index (χ3n) is 9.56. The van der Waals surface area contributed by atoms with E-state index in [1.54, 1.807) is 11.3 Å². The average molecular weight is 673 g/mol. The number of nitrogens with zero attached hydrogens (tertiary/aromatic N) is 4. The first-order valence-corrected chi connectivity index (χ1v) is 17.5. The van der Waals surface area contributed by atoms with E-state index in [2.05, 4.69) is 78.9 Å². The predicted octanol–water partition coefficient (Wildman–Crippen LogP) is 12.1. The first kappa shape index (κ1) is 28.2. The van der Waals surface area contributed by atoms with Crippen LogP contribution in [0.5, 0.6) is 0 Å². The fraction of sp³-hybridized carbons (Fsp3) is 0. The van der Waals surface area contributed by atoms with Gasteiger partial charge in [-0.25, -0.2) is 19.9 Å². The van der Waals surface area contributed by atoms with Crippen LogP contribution in [0.15, 0.2) is 154 Å². The van der Waals surface area contributed by atoms with Crippen LogP contribution in [-0.4, -0.2) is 19.9 Å². The van der Waals surface area contributed by atoms with Crippen molar-refractivity contribution >= 4 is 75.3 Å². The number of benzene rings is 7. The zero-order valence-electron chi connectivity index (χ0n) is 26.9. The number of hydrogen-bond donors (Lipinski definition) is 0. The number of rotatable bonds is 4. The molecule has 0 atom stereocenters. The minimum Gasteiger partial charge on any atom is -0.456 e. The van der Waals surface area contributed by atoms with Gasteiger partial charge in [-0.3, -0.25) is 0 Å². The molecular formula is C44H24N4O2S. The molecule has 0 radical (unpaired) electrons. The number of thiophene rings is 1. The van der Waals surface area contributed by atoms with Crippen LogP contribution in [0.25, 0.3) is 110 Å². The number of hydrogen-bond acceptors (Lipinski definition) is 7. The minimum absolute atomic E-state index is 0.562. The molecule has 51 heavy (non-hydrogen) atoms. The Morgan fingerprint density at radius 2 is 1.14 bits per heavy atom. The van der Waals surface area contributed by atoms with Crippen molar-refractivity contribution in [2.24, 2.45) is 0 Å². The summed E-state index contributed by atoms with van der Waals surface area (Å²) in [6, 6.07) is 49.4. The van der Waals surface area contributed by atoms with E-state index in [0.717, 1.165) is 80.9 Å². The van der Waals surface area contributed by atoms with Gasteiger partial charge in [-0.1, -0.05) is 97.1 Å². The van der Waals surface area contributed by atoms with Crippen molar-refractivity contribution in [3.05, 3.63) is 146 Å². The molecule has 4 heterocycles. The topological polar surface area (TPSA) is 77.8 Å². The number of oxazole rings is 1. The van der Waals surface area contributed by atoms with E-state index >= 15 is 0 Å². The SMILES string of the molecule is c1ccc(-c2nc(-c3ccc4ccccc4c3)nc(-c3cccc4sc5ccc6oc(-c7ccc8oc9ccccc9c8c7)nc6c5c34)n2)cc1. The maximum atomic E-state index is 6.47. The molecule has 0 amide bonds. The zero-order chi connectivity index (χ0) is 33.5. The van der Waals surface area contributed by atoms with Gasteiger partial charge in [0.25, 0.3) is 0 Å². The maximum Gasteiger partial charge on any atom is 0.227 e. The second-order valence-corrected chi connectivity index (χ2v) is 13.7. The Morgan fingerprint density at radius 3 is 2.06 bits per heavy atom. The molecule has 0 N–H and O–H groups in total. The van der Waals surface area contributed by atoms with Gasteiger partial charge < -0.3 is 8.83 Å². The summed E-state index contributed by atoms with van der Waals surface area (Å²) in [6.45, 7) is 0. The second-order valence-electron chi connectivity index (χ2n) is 12.6. The van der Waals surface area contributed by atoms with Gasteiger partial charge in [-0.05, 0) is 59.3 Å². The lowest BCUT2D eigenvalue weighted by Gasteiger charge is -2.10. The molecule has 238 valence electrons. The van der Waals surface area contributed by atoms with E-state index in [9.17, 15) is 0 Å². The molecule has 0 saturated carbocycles. The van der Waals surface area contributed by atoms with Gasteiger partial charge in [0, 0.05) is 53.2 Å². The molecule has 11 rings (SSSR count). The highest BCUT2D eigenvalue weighted by Crippen LogP contribution is 2.44. The molecule has 0 aliphatic carbocycles. The van der Waals surface area contributed by atoms with E-state index in [4.69, 9.17) is 28.8 Å². The number of fused-ring (bicyclic) bond motifs is 9. The lowest BCUT2D eigenvalue weighted by Crippen LogP contribution is -2.00. The van der Waals surface area contributed by atoms with Crippen molar-refractivity contribution in [1.82, 2.24) is 19.9 Å². The van der Waals surface area contributed by atoms with Crippen molar-refractivity contribution in [1.29, 1.82) is 0 Å². The summed E-state index contributed by atoms with van der Waals surface area (Å²) in [4.78, 5) is 20.4. The van der Waals surface area contributed by atoms with Gasteiger partial charge in [-0.2, -0.15) is 0 Å². The lowest BCUT2D eigenvalue weighted by atomic mass is 10.0. The summed E-state index contributed by atoms with van der Waals surface area (Å²) in [5.41, 5.74) is 6.90. The van der Waals surface area contributed by atoms with Gasteiger partial charge in [0.15, 0.2) is 23.1 Å². The first-order valence-electron chi connectivity index (χ1n) is 16.7. The Hall–Kier alpha value is -6.70. The molecule has 0 unspecified atom stereocenters. The maximum absolute atomic E-state index is 6.47. The smallest absolute Gasteiger partial charge is 0.227 e. The van der Waals surface area contributed by atoms with Crippen LogP contribution >= 0.6 is 11.3 Å². The van der Waals surface area contributed by atoms with Crippen LogP contribution in [0.4, 0.5) is 0 Å². The number of para-hydroxylation sites is 1. The largest absolute Gasteiger partial charge is 0.456 e. The Kier molecular flexibility index (Phi) is 6.02. The monoisotopic (exact) mass is 672 g/mol. The second kappa shape index (κ2) is 10.9. The molecule has 0 spiro atoms. The summed E-state index contributed by atoms with van der Waals surface area (Å²) in [7, 11) is 0. The lowest BCUT2D eigenvalue weighted by molar-refractivity contribution is 0.620. The van der Waals surface area contributed by atoms with Gasteiger partial charge in [0.05, 0.1) is 0 Å². The van der Waals surface area contributed by atoms with Crippen molar-refractivity contribution in [3.8, 4) is 45.6 Å². The van der Waals surface area contributed by atoms with E-state index in [0.29, 0.717) is 23.4 Å². The van der Waals surface area contributed by atoms with Gasteiger partial charge in [-0.15, -0.1) is 11.3 Å². The fourth-order valence-corrected chi connectivity index (χ4v) is 8.27. The summed E-state index contributed by atoms with van der Waals surface area (Å²) in [6.07, 6.45) is 0. The standard InChI is InChI=1S/C44H24N4O2S/c1-2-10-26(11-3-1)41-46-42(28-18-17-25-9-4-5-12-27(25)23-28)48-43(47-41)31-14-8-16-36-38(31)39-37(51-36)22-21-35-40(39)45-44(50-35)29-19-20-34-32(24-29)30-13-6-7-15-33(30)49-34/h1-24H. The number of aromatic nitrogens is 4. The molecule has 11 aromatic rings. The Morgan fingerprint density at radius 1 is 0.412 bits per heavy atom. The quantitative estimate of drug-likeness (QED) is 0.185. The molecule has 4 aromatic heterocycles. The number of furan rings is 1. The Labute approximate surface area is 294 Å². The summed E-state index contributed by atoms with van der Waals surface area (Å²) >= 11 is 1.73. The van der Waals surface area contributed by atoms with Crippen molar-refractivity contribution in [2.45, 2.75) is 0 Å². The van der Waals surface area contributed by atoms with E-state index in [1.807, 2.05) is 66.7 Å². The molecule has 0 saturated heterocycles. The van der Waals surface area contributed by atoms with Crippen molar-refractivity contribution in [2.75, 3.05) is 0 Å². The van der Waals surface area contributed by atoms with Crippen LogP contribution in [0, 0.1) is 0 Å². The average Bonchev–Trinajstić information content (AvgIpc) is 3.91. The van der Waals surface area contributed by atoms with Crippen LogP contribution < -0.4 is 0 Å². The third-order valence-corrected chi connectivity index (χ3v) is 10.7. The van der Waals surface area contributed by atoms with Crippen molar-refractivity contribution in [3.63, 3.8) is 0 Å².